The molecule has 3 atom stereocenters. The predicted molar refractivity (Wildman–Crippen MR) is 146 cm³/mol. The normalized spacial score (nSPS) is 21.9. The Balaban J connectivity index is 1.29. The number of aromatic hydroxyl groups is 1. The van der Waals surface area contributed by atoms with Crippen LogP contribution < -0.4 is 5.32 Å². The first-order valence-corrected chi connectivity index (χ1v) is 14.2. The number of aromatic nitrogens is 4. The fraction of sp³-hybridized carbons (Fsp3) is 0.280. The lowest BCUT2D eigenvalue weighted by atomic mass is 9.89. The number of tetrazole rings is 1. The summed E-state index contributed by atoms with van der Waals surface area (Å²) in [6, 6.07) is 12.7. The maximum Gasteiger partial charge on any atom is 0.365 e. The van der Waals surface area contributed by atoms with Gasteiger partial charge in [0.15, 0.2) is 5.71 Å². The van der Waals surface area contributed by atoms with E-state index in [1.807, 2.05) is 0 Å². The number of phenols is 1. The van der Waals surface area contributed by atoms with Crippen molar-refractivity contribution >= 4 is 53.0 Å². The number of thioether (sulfide) groups is 2. The van der Waals surface area contributed by atoms with Crippen molar-refractivity contribution in [3.63, 3.8) is 0 Å². The Hall–Kier alpha value is -4.44. The number of aryl methyl sites for hydroxylation is 1. The van der Waals surface area contributed by atoms with Crippen molar-refractivity contribution in [2.75, 3.05) is 18.1 Å². The molecular formula is C25H23N7O7S2. The minimum atomic E-state index is -1.25. The molecule has 0 radical (unpaired) electrons. The molecule has 16 heteroatoms. The number of phenolic OH excluding ortho intramolecular Hbond substituents is 1. The second-order valence-electron chi connectivity index (χ2n) is 9.31. The lowest BCUT2D eigenvalue weighted by molar-refractivity contribution is -0.157. The van der Waals surface area contributed by atoms with Gasteiger partial charge in [-0.2, -0.15) is 0 Å². The van der Waals surface area contributed by atoms with E-state index in [0.29, 0.717) is 5.16 Å². The van der Waals surface area contributed by atoms with E-state index >= 15 is 0 Å². The third-order valence-corrected chi connectivity index (χ3v) is 9.40. The maximum absolute atomic E-state index is 13.3. The Labute approximate surface area is 241 Å². The molecule has 2 fully saturated rings. The van der Waals surface area contributed by atoms with Crippen LogP contribution in [0.25, 0.3) is 0 Å². The first-order valence-electron chi connectivity index (χ1n) is 12.1. The summed E-state index contributed by atoms with van der Waals surface area (Å²) in [5.41, 5.74) is -1.21. The van der Waals surface area contributed by atoms with Crippen LogP contribution in [0.15, 0.2) is 64.9 Å². The smallest absolute Gasteiger partial charge is 0.365 e. The number of amides is 2. The molecular weight excluding hydrogens is 574 g/mol. The molecule has 2 saturated heterocycles. The van der Waals surface area contributed by atoms with Crippen LogP contribution in [-0.2, 0) is 26.3 Å². The van der Waals surface area contributed by atoms with Gasteiger partial charge in [0, 0.05) is 30.7 Å². The Morgan fingerprint density at radius 3 is 2.63 bits per heavy atom. The van der Waals surface area contributed by atoms with Crippen LogP contribution in [0, 0.1) is 5.41 Å². The topological polar surface area (TPSA) is 189 Å². The number of hydrogen-bond acceptors (Lipinski definition) is 12. The summed E-state index contributed by atoms with van der Waals surface area (Å²) in [6.07, 6.45) is 0. The molecule has 212 valence electrons. The van der Waals surface area contributed by atoms with E-state index in [1.165, 1.54) is 69.5 Å². The number of carboxylic acids is 1. The molecule has 41 heavy (non-hydrogen) atoms. The van der Waals surface area contributed by atoms with Gasteiger partial charge < -0.3 is 25.3 Å². The zero-order chi connectivity index (χ0) is 29.1. The Morgan fingerprint density at radius 2 is 1.95 bits per heavy atom. The molecule has 14 nitrogen and oxygen atoms in total. The standard InChI is InChI=1S/C25H23N7O7S2/c1-31-24(27-29-30-31)41-13-25(23(37)38)11-32-20(35)18(21(32)40-12-25)26-19(34)17(15-8-5-9-16(33)10-15)28-39-22(36)14-6-3-2-4-7-14/h2-10,18,21,33H,11-13H2,1H3,(H,26,34)(H,37,38)/t18?,21-,25?/m1/s1. The van der Waals surface area contributed by atoms with E-state index in [9.17, 15) is 29.4 Å². The van der Waals surface area contributed by atoms with Crippen LogP contribution in [0.2, 0.25) is 0 Å². The highest BCUT2D eigenvalue weighted by atomic mass is 32.2. The van der Waals surface area contributed by atoms with Crippen molar-refractivity contribution in [2.45, 2.75) is 16.6 Å². The van der Waals surface area contributed by atoms with Crippen LogP contribution in [0.4, 0.5) is 0 Å². The number of fused-ring (bicyclic) bond motifs is 1. The number of nitrogens with one attached hydrogen (secondary N) is 1. The highest BCUT2D eigenvalue weighted by Gasteiger charge is 2.57. The lowest BCUT2D eigenvalue weighted by Gasteiger charge is -2.53. The molecule has 0 bridgehead atoms. The zero-order valence-corrected chi connectivity index (χ0v) is 23.0. The highest BCUT2D eigenvalue weighted by Crippen LogP contribution is 2.44. The minimum absolute atomic E-state index is 0.0499. The molecule has 2 aliphatic rings. The molecule has 3 heterocycles. The monoisotopic (exact) mass is 597 g/mol. The fourth-order valence-electron chi connectivity index (χ4n) is 4.25. The number of rotatable bonds is 9. The van der Waals surface area contributed by atoms with Gasteiger partial charge in [0.1, 0.15) is 22.6 Å². The van der Waals surface area contributed by atoms with Crippen molar-refractivity contribution in [1.29, 1.82) is 0 Å². The van der Waals surface area contributed by atoms with E-state index in [2.05, 4.69) is 26.0 Å². The van der Waals surface area contributed by atoms with Crippen molar-refractivity contribution in [1.82, 2.24) is 30.4 Å². The van der Waals surface area contributed by atoms with E-state index < -0.39 is 40.6 Å². The number of carbonyl (C=O) groups excluding carboxylic acids is 3. The second-order valence-corrected chi connectivity index (χ2v) is 11.4. The van der Waals surface area contributed by atoms with E-state index in [4.69, 9.17) is 4.84 Å². The molecule has 0 spiro atoms. The first-order chi connectivity index (χ1) is 19.7. The lowest BCUT2D eigenvalue weighted by Crippen LogP contribution is -2.74. The zero-order valence-electron chi connectivity index (χ0n) is 21.4. The van der Waals surface area contributed by atoms with Crippen molar-refractivity contribution in [2.24, 2.45) is 17.6 Å². The second kappa shape index (κ2) is 11.6. The number of aliphatic carboxylic acids is 1. The summed E-state index contributed by atoms with van der Waals surface area (Å²) < 4.78 is 1.43. The van der Waals surface area contributed by atoms with Gasteiger partial charge in [-0.05, 0) is 34.7 Å². The van der Waals surface area contributed by atoms with Crippen LogP contribution in [0.3, 0.4) is 0 Å². The van der Waals surface area contributed by atoms with Gasteiger partial charge in [-0.3, -0.25) is 14.4 Å². The van der Waals surface area contributed by atoms with Gasteiger partial charge in [-0.25, -0.2) is 9.48 Å². The number of carbonyl (C=O) groups is 4. The number of oxime groups is 1. The molecule has 2 aliphatic heterocycles. The van der Waals surface area contributed by atoms with Gasteiger partial charge in [0.25, 0.3) is 5.91 Å². The van der Waals surface area contributed by atoms with Crippen molar-refractivity contribution in [3.05, 3.63) is 65.7 Å². The molecule has 0 aliphatic carbocycles. The summed E-state index contributed by atoms with van der Waals surface area (Å²) in [4.78, 5) is 57.6. The van der Waals surface area contributed by atoms with Gasteiger partial charge in [-0.15, -0.1) is 16.9 Å². The summed E-state index contributed by atoms with van der Waals surface area (Å²) in [7, 11) is 1.64. The molecule has 2 unspecified atom stereocenters. The fourth-order valence-corrected chi connectivity index (χ4v) is 6.97. The first kappa shape index (κ1) is 28.1. The third kappa shape index (κ3) is 5.74. The molecule has 3 N–H and O–H groups in total. The van der Waals surface area contributed by atoms with Crippen LogP contribution >= 0.6 is 23.5 Å². The Kier molecular flexibility index (Phi) is 7.94. The SMILES string of the molecule is Cn1nnnc1SCC1(C(=O)O)CS[C@@H]2C(NC(=O)C(=NOC(=O)c3ccccc3)c3cccc(O)c3)C(=O)N2C1. The molecule has 0 saturated carbocycles. The molecule has 3 aromatic rings. The number of carboxylic acid groups (broad SMARTS) is 1. The molecule has 5 rings (SSSR count). The quantitative estimate of drug-likeness (QED) is 0.103. The molecule has 1 aromatic heterocycles. The maximum atomic E-state index is 13.3. The predicted octanol–water partition coefficient (Wildman–Crippen LogP) is 0.740. The van der Waals surface area contributed by atoms with Gasteiger partial charge >= 0.3 is 11.9 Å². The minimum Gasteiger partial charge on any atom is -0.508 e. The summed E-state index contributed by atoms with van der Waals surface area (Å²) in [6.45, 7) is -0.0499. The summed E-state index contributed by atoms with van der Waals surface area (Å²) in [5, 5.41) is 37.5. The molecule has 2 aromatic carbocycles. The van der Waals surface area contributed by atoms with Gasteiger partial charge in [0.2, 0.25) is 11.1 Å². The van der Waals surface area contributed by atoms with Crippen LogP contribution in [-0.4, -0.2) is 94.3 Å². The van der Waals surface area contributed by atoms with Crippen molar-refractivity contribution < 1.29 is 34.2 Å². The largest absolute Gasteiger partial charge is 0.508 e. The van der Waals surface area contributed by atoms with E-state index in [-0.39, 0.29) is 40.6 Å². The van der Waals surface area contributed by atoms with E-state index in [1.54, 1.807) is 25.2 Å². The van der Waals surface area contributed by atoms with Gasteiger partial charge in [-0.1, -0.05) is 47.2 Å². The van der Waals surface area contributed by atoms with Crippen LogP contribution in [0.5, 0.6) is 5.75 Å². The number of β-lactam (4-membered cyclic amide) rings is 1. The average molecular weight is 598 g/mol. The van der Waals surface area contributed by atoms with Gasteiger partial charge in [0.05, 0.1) is 5.56 Å². The van der Waals surface area contributed by atoms with E-state index in [0.717, 1.165) is 0 Å². The van der Waals surface area contributed by atoms with Crippen LogP contribution in [0.1, 0.15) is 15.9 Å². The number of hydrogen-bond donors (Lipinski definition) is 3. The number of benzene rings is 2. The third-order valence-electron chi connectivity index (χ3n) is 6.51. The number of nitrogens with zero attached hydrogens (tertiary/aromatic N) is 6. The summed E-state index contributed by atoms with van der Waals surface area (Å²) >= 11 is 2.43. The van der Waals surface area contributed by atoms with Crippen molar-refractivity contribution in [3.8, 4) is 5.75 Å². The average Bonchev–Trinajstić information content (AvgIpc) is 3.39. The highest BCUT2D eigenvalue weighted by molar-refractivity contribution is 8.00. The Morgan fingerprint density at radius 1 is 1.20 bits per heavy atom. The molecule has 2 amide bonds. The summed E-state index contributed by atoms with van der Waals surface area (Å²) in [5.74, 6) is -2.94. The Bertz CT molecular complexity index is 1530.